The summed E-state index contributed by atoms with van der Waals surface area (Å²) in [7, 11) is 1.49. The molecule has 138 valence electrons. The molecule has 2 fully saturated rings. The number of β-lactam (4-membered cyclic amide) rings is 1. The van der Waals surface area contributed by atoms with Crippen LogP contribution in [0.15, 0.2) is 15.8 Å². The molecule has 3 N–H and O–H groups in total. The van der Waals surface area contributed by atoms with Gasteiger partial charge in [0.15, 0.2) is 0 Å². The summed E-state index contributed by atoms with van der Waals surface area (Å²) < 4.78 is 0. The van der Waals surface area contributed by atoms with Crippen molar-refractivity contribution in [3.63, 3.8) is 0 Å². The molecule has 0 unspecified atom stereocenters. The topological polar surface area (TPSA) is 111 Å². The van der Waals surface area contributed by atoms with E-state index >= 15 is 0 Å². The standard InChI is InChI=1S/C16H23N3O5S/c1-7-12-11(8(2)20)15(21)19(12)13(16(22)23)14(7)25-10-4-9(17-6-10)5-18-24-3/h5,7-12,17,20H,4,6H2,1-3H3,(H,22,23)/b18-5-/t7-,8-,9+,10+,11-,12-/m1/s1. The monoisotopic (exact) mass is 369 g/mol. The zero-order valence-corrected chi connectivity index (χ0v) is 15.2. The highest BCUT2D eigenvalue weighted by Gasteiger charge is 2.60. The van der Waals surface area contributed by atoms with E-state index in [9.17, 15) is 19.8 Å². The van der Waals surface area contributed by atoms with Crippen molar-refractivity contribution in [1.82, 2.24) is 10.2 Å². The number of carbonyl (C=O) groups excluding carboxylic acids is 1. The molecule has 3 aliphatic heterocycles. The summed E-state index contributed by atoms with van der Waals surface area (Å²) in [5.41, 5.74) is 0.0819. The first-order chi connectivity index (χ1) is 11.9. The highest BCUT2D eigenvalue weighted by atomic mass is 32.2. The van der Waals surface area contributed by atoms with Gasteiger partial charge in [-0.05, 0) is 13.3 Å². The van der Waals surface area contributed by atoms with Crippen LogP contribution in [0.5, 0.6) is 0 Å². The van der Waals surface area contributed by atoms with Crippen molar-refractivity contribution in [2.45, 2.75) is 43.7 Å². The van der Waals surface area contributed by atoms with Gasteiger partial charge in [0.25, 0.3) is 0 Å². The lowest BCUT2D eigenvalue weighted by atomic mass is 9.79. The second-order valence-corrected chi connectivity index (χ2v) is 8.04. The lowest BCUT2D eigenvalue weighted by Gasteiger charge is -2.46. The average Bonchev–Trinajstić information content (AvgIpc) is 3.08. The number of fused-ring (bicyclic) bond motifs is 1. The minimum atomic E-state index is -1.09. The number of aliphatic carboxylic acids is 1. The molecule has 0 aromatic heterocycles. The van der Waals surface area contributed by atoms with Gasteiger partial charge in [-0.15, -0.1) is 11.8 Å². The number of nitrogens with one attached hydrogen (secondary N) is 1. The molecule has 0 aliphatic carbocycles. The van der Waals surface area contributed by atoms with Gasteiger partial charge in [0.1, 0.15) is 12.8 Å². The molecule has 3 aliphatic rings. The number of hydrogen-bond acceptors (Lipinski definition) is 7. The first-order valence-corrected chi connectivity index (χ1v) is 9.20. The molecule has 0 saturated carbocycles. The van der Waals surface area contributed by atoms with E-state index in [4.69, 9.17) is 0 Å². The van der Waals surface area contributed by atoms with Crippen molar-refractivity contribution in [1.29, 1.82) is 0 Å². The zero-order chi connectivity index (χ0) is 18.3. The van der Waals surface area contributed by atoms with Gasteiger partial charge in [0.2, 0.25) is 5.91 Å². The predicted molar refractivity (Wildman–Crippen MR) is 92.9 cm³/mol. The minimum absolute atomic E-state index is 0.0819. The number of aliphatic hydroxyl groups excluding tert-OH is 1. The number of aliphatic hydroxyl groups is 1. The Kier molecular flexibility index (Phi) is 5.08. The summed E-state index contributed by atoms with van der Waals surface area (Å²) in [5, 5.41) is 26.8. The maximum absolute atomic E-state index is 12.3. The smallest absolute Gasteiger partial charge is 0.353 e. The summed E-state index contributed by atoms with van der Waals surface area (Å²) in [6.07, 6.45) is 1.73. The molecule has 0 spiro atoms. The van der Waals surface area contributed by atoms with Crippen molar-refractivity contribution in [3.05, 3.63) is 10.6 Å². The fraction of sp³-hybridized carbons (Fsp3) is 0.688. The molecular formula is C16H23N3O5S. The maximum atomic E-state index is 12.3. The lowest BCUT2D eigenvalue weighted by Crippen LogP contribution is -2.63. The van der Waals surface area contributed by atoms with Crippen molar-refractivity contribution in [3.8, 4) is 0 Å². The Bertz CT molecular complexity index is 635. The molecule has 1 amide bonds. The highest BCUT2D eigenvalue weighted by molar-refractivity contribution is 8.03. The van der Waals surface area contributed by atoms with E-state index in [-0.39, 0.29) is 34.9 Å². The fourth-order valence-electron chi connectivity index (χ4n) is 3.93. The second-order valence-electron chi connectivity index (χ2n) is 6.70. The largest absolute Gasteiger partial charge is 0.477 e. The van der Waals surface area contributed by atoms with E-state index in [0.717, 1.165) is 17.9 Å². The van der Waals surface area contributed by atoms with E-state index in [1.165, 1.54) is 23.8 Å². The van der Waals surface area contributed by atoms with Crippen LogP contribution >= 0.6 is 11.8 Å². The molecule has 25 heavy (non-hydrogen) atoms. The van der Waals surface area contributed by atoms with E-state index in [0.29, 0.717) is 0 Å². The zero-order valence-electron chi connectivity index (χ0n) is 14.4. The quantitative estimate of drug-likeness (QED) is 0.349. The third-order valence-electron chi connectivity index (χ3n) is 5.08. The van der Waals surface area contributed by atoms with E-state index in [1.54, 1.807) is 13.1 Å². The molecule has 6 atom stereocenters. The van der Waals surface area contributed by atoms with Gasteiger partial charge in [-0.25, -0.2) is 4.79 Å². The molecule has 8 nitrogen and oxygen atoms in total. The summed E-state index contributed by atoms with van der Waals surface area (Å²) >= 11 is 1.52. The number of amides is 1. The van der Waals surface area contributed by atoms with Gasteiger partial charge in [-0.2, -0.15) is 0 Å². The van der Waals surface area contributed by atoms with Crippen LogP contribution in [0, 0.1) is 11.8 Å². The molecule has 0 aromatic rings. The molecule has 0 aromatic carbocycles. The molecule has 9 heteroatoms. The Morgan fingerprint density at radius 1 is 1.56 bits per heavy atom. The molecular weight excluding hydrogens is 346 g/mol. The summed E-state index contributed by atoms with van der Waals surface area (Å²) in [5.74, 6) is -2.00. The average molecular weight is 369 g/mol. The van der Waals surface area contributed by atoms with Crippen LogP contribution in [-0.2, 0) is 14.4 Å². The number of carboxylic acids is 1. The fourth-order valence-corrected chi connectivity index (χ4v) is 5.42. The Morgan fingerprint density at radius 2 is 2.28 bits per heavy atom. The Hall–Kier alpha value is -1.58. The van der Waals surface area contributed by atoms with E-state index < -0.39 is 18.0 Å². The van der Waals surface area contributed by atoms with Crippen LogP contribution in [-0.4, -0.2) is 70.3 Å². The van der Waals surface area contributed by atoms with Crippen molar-refractivity contribution in [2.75, 3.05) is 13.7 Å². The number of carboxylic acid groups (broad SMARTS) is 1. The summed E-state index contributed by atoms with van der Waals surface area (Å²) in [6, 6.07) is -0.173. The predicted octanol–water partition coefficient (Wildman–Crippen LogP) is 0.236. The third kappa shape index (κ3) is 3.04. The van der Waals surface area contributed by atoms with Crippen molar-refractivity contribution in [2.24, 2.45) is 17.0 Å². The maximum Gasteiger partial charge on any atom is 0.353 e. The molecule has 3 heterocycles. The first-order valence-electron chi connectivity index (χ1n) is 8.32. The minimum Gasteiger partial charge on any atom is -0.477 e. The summed E-state index contributed by atoms with van der Waals surface area (Å²) in [4.78, 5) is 30.9. The van der Waals surface area contributed by atoms with Crippen molar-refractivity contribution >= 4 is 29.9 Å². The van der Waals surface area contributed by atoms with Crippen LogP contribution in [0.4, 0.5) is 0 Å². The number of oxime groups is 1. The number of nitrogens with zero attached hydrogens (tertiary/aromatic N) is 2. The Labute approximate surface area is 150 Å². The normalized spacial score (nSPS) is 35.9. The van der Waals surface area contributed by atoms with Crippen LogP contribution in [0.1, 0.15) is 20.3 Å². The molecule has 2 saturated heterocycles. The SMILES string of the molecule is CO/N=C\[C@@H]1C[C@H](SC2=C(C(=O)O)N3C(=O)[C@H]([C@@H](C)O)[C@H]3[C@H]2C)CN1. The van der Waals surface area contributed by atoms with Crippen LogP contribution < -0.4 is 5.32 Å². The van der Waals surface area contributed by atoms with Crippen LogP contribution in [0.3, 0.4) is 0 Å². The first kappa shape index (κ1) is 18.2. The van der Waals surface area contributed by atoms with E-state index in [1.807, 2.05) is 6.92 Å². The molecule has 0 radical (unpaired) electrons. The Balaban J connectivity index is 1.77. The number of carbonyl (C=O) groups is 2. The van der Waals surface area contributed by atoms with Gasteiger partial charge in [-0.3, -0.25) is 4.79 Å². The second kappa shape index (κ2) is 6.97. The van der Waals surface area contributed by atoms with Gasteiger partial charge in [0, 0.05) is 28.7 Å². The third-order valence-corrected chi connectivity index (χ3v) is 6.59. The lowest BCUT2D eigenvalue weighted by molar-refractivity contribution is -0.163. The number of hydrogen-bond donors (Lipinski definition) is 3. The van der Waals surface area contributed by atoms with Gasteiger partial charge in [0.05, 0.1) is 24.3 Å². The van der Waals surface area contributed by atoms with Gasteiger partial charge in [-0.1, -0.05) is 12.1 Å². The highest BCUT2D eigenvalue weighted by Crippen LogP contribution is 2.51. The van der Waals surface area contributed by atoms with Crippen molar-refractivity contribution < 1.29 is 24.6 Å². The van der Waals surface area contributed by atoms with Gasteiger partial charge < -0.3 is 25.3 Å². The van der Waals surface area contributed by atoms with Crippen LogP contribution in [0.2, 0.25) is 0 Å². The van der Waals surface area contributed by atoms with Crippen LogP contribution in [0.25, 0.3) is 0 Å². The number of rotatable bonds is 6. The molecule has 3 rings (SSSR count). The Morgan fingerprint density at radius 3 is 2.88 bits per heavy atom. The molecule has 0 bridgehead atoms. The number of thioether (sulfide) groups is 1. The van der Waals surface area contributed by atoms with E-state index in [2.05, 4.69) is 15.3 Å². The summed E-state index contributed by atoms with van der Waals surface area (Å²) in [6.45, 7) is 4.25. The van der Waals surface area contributed by atoms with Gasteiger partial charge >= 0.3 is 5.97 Å².